The number of aromatic nitrogens is 1. The van der Waals surface area contributed by atoms with Crippen molar-refractivity contribution in [3.05, 3.63) is 49.9 Å². The van der Waals surface area contributed by atoms with Gasteiger partial charge >= 0.3 is 0 Å². The zero-order valence-corrected chi connectivity index (χ0v) is 9.81. The van der Waals surface area contributed by atoms with Crippen LogP contribution < -0.4 is 14.9 Å². The smallest absolute Gasteiger partial charge is 0.270 e. The van der Waals surface area contributed by atoms with E-state index in [4.69, 9.17) is 4.42 Å². The third-order valence-electron chi connectivity index (χ3n) is 2.51. The molecule has 0 spiro atoms. The summed E-state index contributed by atoms with van der Waals surface area (Å²) < 4.78 is 7.59. The molecule has 0 N–H and O–H groups in total. The Morgan fingerprint density at radius 2 is 2.47 bits per heavy atom. The monoisotopic (exact) mass is 246 g/mol. The van der Waals surface area contributed by atoms with Gasteiger partial charge in [0, 0.05) is 6.54 Å². The lowest BCUT2D eigenvalue weighted by atomic mass is 10.4. The molecule has 5 heteroatoms. The first-order chi connectivity index (χ1) is 8.34. The highest BCUT2D eigenvalue weighted by Gasteiger charge is 2.08. The highest BCUT2D eigenvalue weighted by atomic mass is 32.1. The number of hydrogen-bond donors (Lipinski definition) is 0. The molecule has 3 rings (SSSR count). The Hall–Kier alpha value is -1.88. The van der Waals surface area contributed by atoms with Gasteiger partial charge in [0.15, 0.2) is 4.80 Å². The number of rotatable bonds is 2. The van der Waals surface area contributed by atoms with Crippen molar-refractivity contribution >= 4 is 23.5 Å². The first-order valence-corrected chi connectivity index (χ1v) is 6.12. The molecule has 0 unspecified atom stereocenters. The molecule has 0 aliphatic carbocycles. The summed E-state index contributed by atoms with van der Waals surface area (Å²) in [5, 5.41) is 0. The third-order valence-corrected chi connectivity index (χ3v) is 3.57. The van der Waals surface area contributed by atoms with Crippen molar-refractivity contribution in [3.8, 4) is 0 Å². The molecule has 0 fully saturated rings. The van der Waals surface area contributed by atoms with Gasteiger partial charge in [0.1, 0.15) is 5.76 Å². The molecule has 2 aromatic rings. The molecule has 1 aliphatic rings. The van der Waals surface area contributed by atoms with Gasteiger partial charge in [-0.1, -0.05) is 17.4 Å². The van der Waals surface area contributed by atoms with Crippen molar-refractivity contribution in [2.75, 3.05) is 6.54 Å². The van der Waals surface area contributed by atoms with Gasteiger partial charge in [0.25, 0.3) is 5.56 Å². The fourth-order valence-corrected chi connectivity index (χ4v) is 2.68. The van der Waals surface area contributed by atoms with Crippen LogP contribution in [0.3, 0.4) is 0 Å². The summed E-state index contributed by atoms with van der Waals surface area (Å²) in [7, 11) is 0. The predicted octanol–water partition coefficient (Wildman–Crippen LogP) is 0.630. The third kappa shape index (κ3) is 1.89. The first-order valence-electron chi connectivity index (χ1n) is 5.30. The van der Waals surface area contributed by atoms with E-state index in [1.165, 1.54) is 11.3 Å². The average Bonchev–Trinajstić information content (AvgIpc) is 3.00. The Kier molecular flexibility index (Phi) is 2.53. The van der Waals surface area contributed by atoms with Crippen LogP contribution in [-0.4, -0.2) is 11.1 Å². The summed E-state index contributed by atoms with van der Waals surface area (Å²) in [5.41, 5.74) is 0.0512. The van der Waals surface area contributed by atoms with Gasteiger partial charge in [0.2, 0.25) is 0 Å². The minimum absolute atomic E-state index is 0.0512. The molecular formula is C12H10N2O2S. The van der Waals surface area contributed by atoms with E-state index in [-0.39, 0.29) is 5.56 Å². The molecule has 3 heterocycles. The Morgan fingerprint density at radius 3 is 3.24 bits per heavy atom. The van der Waals surface area contributed by atoms with Crippen molar-refractivity contribution in [2.24, 2.45) is 4.99 Å². The maximum Gasteiger partial charge on any atom is 0.270 e. The number of thiazole rings is 1. The summed E-state index contributed by atoms with van der Waals surface area (Å²) in [6.07, 6.45) is 7.07. The van der Waals surface area contributed by atoms with Crippen LogP contribution in [0.4, 0.5) is 0 Å². The van der Waals surface area contributed by atoms with Crippen molar-refractivity contribution in [1.29, 1.82) is 0 Å². The van der Waals surface area contributed by atoms with Gasteiger partial charge in [-0.25, -0.2) is 0 Å². The highest BCUT2D eigenvalue weighted by Crippen LogP contribution is 2.01. The van der Waals surface area contributed by atoms with E-state index in [2.05, 4.69) is 4.99 Å². The van der Waals surface area contributed by atoms with Crippen LogP contribution in [0.25, 0.3) is 12.2 Å². The SMILES string of the molecule is O=c1c(=CC=Cc2ccco2)sc2n1CCN=2. The maximum atomic E-state index is 11.9. The number of allylic oxidation sites excluding steroid dienone is 1. The number of fused-ring (bicyclic) bond motifs is 1. The largest absolute Gasteiger partial charge is 0.465 e. The zero-order chi connectivity index (χ0) is 11.7. The normalized spacial score (nSPS) is 15.4. The number of nitrogens with zero attached hydrogens (tertiary/aromatic N) is 2. The quantitative estimate of drug-likeness (QED) is 0.780. The summed E-state index contributed by atoms with van der Waals surface area (Å²) in [4.78, 5) is 17.0. The number of hydrogen-bond acceptors (Lipinski definition) is 4. The lowest BCUT2D eigenvalue weighted by molar-refractivity contribution is 0.557. The Bertz CT molecular complexity index is 720. The molecule has 1 aliphatic heterocycles. The molecule has 86 valence electrons. The van der Waals surface area contributed by atoms with Crippen LogP contribution in [0.1, 0.15) is 5.76 Å². The molecule has 0 radical (unpaired) electrons. The van der Waals surface area contributed by atoms with E-state index in [0.29, 0.717) is 11.1 Å². The van der Waals surface area contributed by atoms with Gasteiger partial charge < -0.3 is 4.42 Å². The van der Waals surface area contributed by atoms with Crippen molar-refractivity contribution < 1.29 is 4.42 Å². The minimum Gasteiger partial charge on any atom is -0.465 e. The number of furan rings is 1. The molecule has 0 bridgehead atoms. The van der Waals surface area contributed by atoms with Gasteiger partial charge in [-0.15, -0.1) is 0 Å². The topological polar surface area (TPSA) is 47.5 Å². The van der Waals surface area contributed by atoms with Crippen LogP contribution in [-0.2, 0) is 6.54 Å². The Morgan fingerprint density at radius 1 is 1.53 bits per heavy atom. The second kappa shape index (κ2) is 4.18. The standard InChI is InChI=1S/C12H10N2O2S/c15-11-10(17-12-13-6-7-14(11)12)5-1-3-9-4-2-8-16-9/h1-5,8H,6-7H2. The summed E-state index contributed by atoms with van der Waals surface area (Å²) in [6, 6.07) is 3.69. The Balaban J connectivity index is 1.98. The van der Waals surface area contributed by atoms with Gasteiger partial charge in [-0.05, 0) is 24.3 Å². The molecule has 0 amide bonds. The fourth-order valence-electron chi connectivity index (χ4n) is 1.70. The van der Waals surface area contributed by atoms with Gasteiger partial charge in [-0.2, -0.15) is 0 Å². The van der Waals surface area contributed by atoms with E-state index in [0.717, 1.165) is 17.1 Å². The van der Waals surface area contributed by atoms with Crippen molar-refractivity contribution in [1.82, 2.24) is 4.57 Å². The maximum absolute atomic E-state index is 11.9. The average molecular weight is 246 g/mol. The first kappa shape index (κ1) is 10.3. The second-order valence-corrected chi connectivity index (χ2v) is 4.64. The predicted molar refractivity (Wildman–Crippen MR) is 66.4 cm³/mol. The van der Waals surface area contributed by atoms with Crippen LogP contribution in [0.15, 0.2) is 38.7 Å². The van der Waals surface area contributed by atoms with Crippen LogP contribution >= 0.6 is 11.3 Å². The lowest BCUT2D eigenvalue weighted by Crippen LogP contribution is -2.29. The van der Waals surface area contributed by atoms with E-state index >= 15 is 0 Å². The van der Waals surface area contributed by atoms with E-state index < -0.39 is 0 Å². The van der Waals surface area contributed by atoms with Crippen LogP contribution in [0.2, 0.25) is 0 Å². The molecule has 17 heavy (non-hydrogen) atoms. The summed E-state index contributed by atoms with van der Waals surface area (Å²) in [6.45, 7) is 1.43. The van der Waals surface area contributed by atoms with Crippen LogP contribution in [0.5, 0.6) is 0 Å². The van der Waals surface area contributed by atoms with E-state index in [1.807, 2.05) is 24.3 Å². The fraction of sp³-hybridized carbons (Fsp3) is 0.167. The van der Waals surface area contributed by atoms with E-state index in [1.54, 1.807) is 16.9 Å². The van der Waals surface area contributed by atoms with Gasteiger partial charge in [0.05, 0.1) is 17.3 Å². The molecule has 0 saturated heterocycles. The molecule has 0 saturated carbocycles. The summed E-state index contributed by atoms with van der Waals surface area (Å²) in [5.74, 6) is 0.773. The van der Waals surface area contributed by atoms with Crippen LogP contribution in [0, 0.1) is 0 Å². The molecule has 0 aromatic carbocycles. The Labute approximate surface area is 101 Å². The van der Waals surface area contributed by atoms with Crippen molar-refractivity contribution in [3.63, 3.8) is 0 Å². The molecule has 4 nitrogen and oxygen atoms in total. The second-order valence-electron chi connectivity index (χ2n) is 3.63. The lowest BCUT2D eigenvalue weighted by Gasteiger charge is -1.85. The molecular weight excluding hydrogens is 236 g/mol. The highest BCUT2D eigenvalue weighted by molar-refractivity contribution is 7.07. The van der Waals surface area contributed by atoms with Gasteiger partial charge in [-0.3, -0.25) is 14.4 Å². The summed E-state index contributed by atoms with van der Waals surface area (Å²) >= 11 is 1.43. The molecule has 2 aromatic heterocycles. The van der Waals surface area contributed by atoms with Crippen molar-refractivity contribution in [2.45, 2.75) is 6.54 Å². The van der Waals surface area contributed by atoms with E-state index in [9.17, 15) is 4.79 Å². The minimum atomic E-state index is 0.0512. The zero-order valence-electron chi connectivity index (χ0n) is 9.00. The molecule has 0 atom stereocenters.